The minimum atomic E-state index is -1.96. The van der Waals surface area contributed by atoms with Crippen LogP contribution >= 0.6 is 0 Å². The van der Waals surface area contributed by atoms with Gasteiger partial charge in [0.05, 0.1) is 0 Å². The van der Waals surface area contributed by atoms with Crippen molar-refractivity contribution in [2.24, 2.45) is 0 Å². The van der Waals surface area contributed by atoms with E-state index >= 15 is 0 Å². The highest BCUT2D eigenvalue weighted by Gasteiger charge is 2.19. The largest absolute Gasteiger partial charge is 0.462 e. The lowest BCUT2D eigenvalue weighted by molar-refractivity contribution is -0.167. The van der Waals surface area contributed by atoms with Gasteiger partial charge in [0, 0.05) is 31.6 Å². The van der Waals surface area contributed by atoms with Crippen molar-refractivity contribution >= 4 is 17.9 Å². The highest BCUT2D eigenvalue weighted by atomic mass is 16.6. The van der Waals surface area contributed by atoms with Gasteiger partial charge in [-0.2, -0.15) is 0 Å². The van der Waals surface area contributed by atoms with E-state index in [1.807, 2.05) is 0 Å². The zero-order valence-electron chi connectivity index (χ0n) is 29.2. The van der Waals surface area contributed by atoms with Gasteiger partial charge in [-0.3, -0.25) is 14.4 Å². The zero-order valence-corrected chi connectivity index (χ0v) is 20.2. The van der Waals surface area contributed by atoms with Crippen molar-refractivity contribution in [1.82, 2.24) is 0 Å². The summed E-state index contributed by atoms with van der Waals surface area (Å²) in [5, 5.41) is 0. The molecule has 6 nitrogen and oxygen atoms in total. The number of hydrogen-bond acceptors (Lipinski definition) is 6. The molecule has 0 saturated heterocycles. The van der Waals surface area contributed by atoms with Crippen molar-refractivity contribution < 1.29 is 40.9 Å². The van der Waals surface area contributed by atoms with Crippen LogP contribution in [0.5, 0.6) is 0 Å². The monoisotopic (exact) mass is 479 g/mol. The van der Waals surface area contributed by atoms with Gasteiger partial charge in [-0.1, -0.05) is 97.6 Å². The number of esters is 3. The quantitative estimate of drug-likeness (QED) is 0.0886. The van der Waals surface area contributed by atoms with Crippen molar-refractivity contribution in [3.05, 3.63) is 0 Å². The maximum atomic E-state index is 12.3. The normalized spacial score (nSPS) is 16.1. The second-order valence-corrected chi connectivity index (χ2v) is 8.22. The second kappa shape index (κ2) is 23.6. The number of rotatable bonds is 23. The molecule has 6 heteroatoms. The van der Waals surface area contributed by atoms with E-state index in [1.54, 1.807) is 0 Å². The molecule has 0 saturated carbocycles. The average Bonchev–Trinajstić information content (AvgIpc) is 2.85. The van der Waals surface area contributed by atoms with Crippen LogP contribution in [0, 0.1) is 0 Å². The molecule has 0 aliphatic heterocycles. The number of hydrogen-bond donors (Lipinski definition) is 0. The molecule has 0 aromatic heterocycles. The molecule has 0 rings (SSSR count). The topological polar surface area (TPSA) is 78.9 Å². The van der Waals surface area contributed by atoms with Gasteiger partial charge in [-0.25, -0.2) is 0 Å². The Morgan fingerprint density at radius 1 is 0.545 bits per heavy atom. The Morgan fingerprint density at radius 2 is 0.909 bits per heavy atom. The van der Waals surface area contributed by atoms with E-state index in [1.165, 1.54) is 0 Å². The van der Waals surface area contributed by atoms with E-state index in [9.17, 15) is 14.4 Å². The molecule has 0 atom stereocenters. The van der Waals surface area contributed by atoms with Crippen molar-refractivity contribution in [3.63, 3.8) is 0 Å². The molecule has 0 radical (unpaired) electrons. The molecule has 0 N–H and O–H groups in total. The van der Waals surface area contributed by atoms with Gasteiger partial charge < -0.3 is 14.2 Å². The van der Waals surface area contributed by atoms with Crippen molar-refractivity contribution in [2.75, 3.05) is 13.2 Å². The third kappa shape index (κ3) is 22.0. The zero-order chi connectivity index (χ0) is 32.1. The molecule has 0 heterocycles. The van der Waals surface area contributed by atoms with Crippen LogP contribution < -0.4 is 0 Å². The van der Waals surface area contributed by atoms with E-state index in [0.29, 0.717) is 77.0 Å². The first-order valence-electron chi connectivity index (χ1n) is 17.0. The third-order valence-electron chi connectivity index (χ3n) is 5.08. The van der Waals surface area contributed by atoms with Crippen LogP contribution in [0.2, 0.25) is 0 Å². The molecular formula is C27H50O6. The number of unbranched alkanes of at least 4 members (excludes halogenated alkanes) is 9. The van der Waals surface area contributed by atoms with Crippen LogP contribution in [-0.2, 0) is 28.6 Å². The van der Waals surface area contributed by atoms with Gasteiger partial charge in [-0.15, -0.1) is 0 Å². The summed E-state index contributed by atoms with van der Waals surface area (Å²) >= 11 is 0. The summed E-state index contributed by atoms with van der Waals surface area (Å²) in [7, 11) is 0. The van der Waals surface area contributed by atoms with E-state index < -0.39 is 44.6 Å². The second-order valence-electron chi connectivity index (χ2n) is 8.22. The van der Waals surface area contributed by atoms with E-state index in [2.05, 4.69) is 0 Å². The van der Waals surface area contributed by atoms with Gasteiger partial charge >= 0.3 is 17.9 Å². The summed E-state index contributed by atoms with van der Waals surface area (Å²) in [6.07, 6.45) is 7.10. The molecule has 0 aromatic carbocycles. The van der Waals surface area contributed by atoms with Crippen LogP contribution in [-0.4, -0.2) is 37.2 Å². The third-order valence-corrected chi connectivity index (χ3v) is 5.08. The molecule has 0 amide bonds. The van der Waals surface area contributed by atoms with Gasteiger partial charge in [-0.05, 0) is 19.3 Å². The molecule has 0 aromatic rings. The molecular weight excluding hydrogens is 420 g/mol. The van der Waals surface area contributed by atoms with E-state index in [4.69, 9.17) is 26.5 Å². The van der Waals surface area contributed by atoms with Crippen LogP contribution in [0.1, 0.15) is 148 Å². The predicted molar refractivity (Wildman–Crippen MR) is 132 cm³/mol. The molecule has 0 aliphatic rings. The first-order chi connectivity index (χ1) is 19.5. The fourth-order valence-electron chi connectivity index (χ4n) is 3.12. The summed E-state index contributed by atoms with van der Waals surface area (Å²) in [4.78, 5) is 36.7. The Kier molecular flexibility index (Phi) is 13.4. The highest BCUT2D eigenvalue weighted by molar-refractivity contribution is 5.71. The van der Waals surface area contributed by atoms with Gasteiger partial charge in [0.25, 0.3) is 0 Å². The van der Waals surface area contributed by atoms with Crippen molar-refractivity contribution in [3.8, 4) is 0 Å². The Morgan fingerprint density at radius 3 is 1.30 bits per heavy atom. The van der Waals surface area contributed by atoms with Gasteiger partial charge in [0.1, 0.15) is 13.2 Å². The molecule has 0 aliphatic carbocycles. The predicted octanol–water partition coefficient (Wildman–Crippen LogP) is 7.07. The summed E-state index contributed by atoms with van der Waals surface area (Å²) in [5.74, 6) is -1.53. The van der Waals surface area contributed by atoms with Crippen LogP contribution in [0.4, 0.5) is 0 Å². The SMILES string of the molecule is [2H]C([2H])([2H])CCCCCCC(=O)OCC(COC(=O)CCCCCCC([2H])([2H])[2H])OC(=O)CCCCCCC([2H])([2H])[2H]. The lowest BCUT2D eigenvalue weighted by Crippen LogP contribution is -2.30. The first kappa shape index (κ1) is 18.7. The number of ether oxygens (including phenoxy) is 3. The fourth-order valence-corrected chi connectivity index (χ4v) is 3.12. The maximum absolute atomic E-state index is 12.3. The van der Waals surface area contributed by atoms with Crippen LogP contribution in [0.3, 0.4) is 0 Å². The smallest absolute Gasteiger partial charge is 0.306 e. The van der Waals surface area contributed by atoms with E-state index in [0.717, 1.165) is 0 Å². The average molecular weight is 480 g/mol. The lowest BCUT2D eigenvalue weighted by atomic mass is 10.1. The van der Waals surface area contributed by atoms with Gasteiger partial charge in [0.15, 0.2) is 6.10 Å². The Hall–Kier alpha value is -1.59. The summed E-state index contributed by atoms with van der Waals surface area (Å²) in [5.41, 5.74) is 0. The standard InChI is InChI=1S/C27H50O6/c1-4-7-10-13-16-19-25(28)31-22-24(33-27(30)21-18-15-12-9-6-3)23-32-26(29)20-17-14-11-8-5-2/h24H,4-23H2,1-3H3/i1D3,2D3,3D3. The number of carbonyl (C=O) groups excluding carboxylic acids is 3. The summed E-state index contributed by atoms with van der Waals surface area (Å²) < 4.78 is 80.7. The molecule has 0 bridgehead atoms. The Bertz CT molecular complexity index is 710. The van der Waals surface area contributed by atoms with Gasteiger partial charge in [0.2, 0.25) is 0 Å². The first-order valence-corrected chi connectivity index (χ1v) is 12.5. The minimum Gasteiger partial charge on any atom is -0.462 e. The number of carbonyl (C=O) groups is 3. The summed E-state index contributed by atoms with van der Waals surface area (Å²) in [6.45, 7) is -6.40. The van der Waals surface area contributed by atoms with Crippen LogP contribution in [0.15, 0.2) is 0 Å². The molecule has 33 heavy (non-hydrogen) atoms. The van der Waals surface area contributed by atoms with Crippen molar-refractivity contribution in [2.45, 2.75) is 142 Å². The Balaban J connectivity index is 4.50. The molecule has 0 unspecified atom stereocenters. The summed E-state index contributed by atoms with van der Waals surface area (Å²) in [6, 6.07) is 0. The molecule has 194 valence electrons. The fraction of sp³-hybridized carbons (Fsp3) is 0.889. The highest BCUT2D eigenvalue weighted by Crippen LogP contribution is 2.10. The minimum absolute atomic E-state index is 0.0959. The maximum Gasteiger partial charge on any atom is 0.306 e. The molecule has 0 spiro atoms. The molecule has 0 fully saturated rings. The lowest BCUT2D eigenvalue weighted by Gasteiger charge is -2.18. The van der Waals surface area contributed by atoms with E-state index in [-0.39, 0.29) is 51.7 Å². The van der Waals surface area contributed by atoms with Crippen molar-refractivity contribution in [1.29, 1.82) is 0 Å². The van der Waals surface area contributed by atoms with Crippen LogP contribution in [0.25, 0.3) is 0 Å². The Labute approximate surface area is 215 Å².